The molecule has 1 aliphatic rings. The zero-order chi connectivity index (χ0) is 18.9. The normalized spacial score (nSPS) is 17.8. The second-order valence-corrected chi connectivity index (χ2v) is 8.20. The van der Waals surface area contributed by atoms with Crippen LogP contribution in [0.15, 0.2) is 46.1 Å². The number of hydrogen-bond donors (Lipinski definition) is 0. The molecule has 1 saturated heterocycles. The molecule has 0 saturated carbocycles. The van der Waals surface area contributed by atoms with Gasteiger partial charge in [-0.15, -0.1) is 0 Å². The molecule has 0 radical (unpaired) electrons. The van der Waals surface area contributed by atoms with Gasteiger partial charge in [0.25, 0.3) is 5.56 Å². The molecule has 1 fully saturated rings. The van der Waals surface area contributed by atoms with Gasteiger partial charge in [0, 0.05) is 25.4 Å². The maximum absolute atomic E-state index is 12.7. The number of aryl methyl sites for hydroxylation is 1. The number of aromatic nitrogens is 1. The van der Waals surface area contributed by atoms with Crippen LogP contribution in [0.3, 0.4) is 0 Å². The Bertz CT molecular complexity index is 1020. The summed E-state index contributed by atoms with van der Waals surface area (Å²) in [5.74, 6) is 0.452. The Labute approximate surface area is 152 Å². The quantitative estimate of drug-likeness (QED) is 0.808. The highest BCUT2D eigenvalue weighted by Crippen LogP contribution is 2.24. The minimum absolute atomic E-state index is 0.154. The van der Waals surface area contributed by atoms with Gasteiger partial charge in [0.1, 0.15) is 11.9 Å². The third-order valence-corrected chi connectivity index (χ3v) is 6.39. The van der Waals surface area contributed by atoms with Crippen molar-refractivity contribution in [2.75, 3.05) is 13.1 Å². The number of hydrogen-bond acceptors (Lipinski definition) is 5. The lowest BCUT2D eigenvalue weighted by Gasteiger charge is -2.18. The Morgan fingerprint density at radius 3 is 2.54 bits per heavy atom. The molecular weight excluding hydrogens is 354 g/mol. The zero-order valence-electron chi connectivity index (χ0n) is 14.5. The van der Waals surface area contributed by atoms with E-state index >= 15 is 0 Å². The van der Waals surface area contributed by atoms with E-state index in [9.17, 15) is 13.2 Å². The van der Waals surface area contributed by atoms with E-state index in [0.29, 0.717) is 24.3 Å². The number of benzene rings is 1. The smallest absolute Gasteiger partial charge is 0.254 e. The fraction of sp³-hybridized carbons (Fsp3) is 0.333. The average molecular weight is 373 g/mol. The van der Waals surface area contributed by atoms with Crippen LogP contribution in [0.1, 0.15) is 17.7 Å². The van der Waals surface area contributed by atoms with Gasteiger partial charge in [0.15, 0.2) is 0 Å². The SMILES string of the molecule is Cc1cc(OC2CCN(S(=O)(=O)c3ccc(C#N)cc3)C2)cc(=O)n1C. The van der Waals surface area contributed by atoms with E-state index in [1.165, 1.54) is 39.2 Å². The van der Waals surface area contributed by atoms with Gasteiger partial charge in [-0.25, -0.2) is 8.42 Å². The average Bonchev–Trinajstić information content (AvgIpc) is 3.09. The van der Waals surface area contributed by atoms with Crippen LogP contribution >= 0.6 is 0 Å². The fourth-order valence-corrected chi connectivity index (χ4v) is 4.35. The molecule has 136 valence electrons. The standard InChI is InChI=1S/C18H19N3O4S/c1-13-9-16(10-18(22)20(13)2)25-15-7-8-21(12-15)26(23,24)17-5-3-14(11-19)4-6-17/h3-6,9-10,15H,7-8,12H2,1-2H3. The molecule has 3 rings (SSSR count). The lowest BCUT2D eigenvalue weighted by atomic mass is 10.2. The van der Waals surface area contributed by atoms with E-state index in [-0.39, 0.29) is 23.1 Å². The van der Waals surface area contributed by atoms with E-state index in [1.807, 2.05) is 13.0 Å². The van der Waals surface area contributed by atoms with Crippen molar-refractivity contribution in [3.05, 3.63) is 58.0 Å². The first-order chi connectivity index (χ1) is 12.3. The maximum Gasteiger partial charge on any atom is 0.254 e. The van der Waals surface area contributed by atoms with Crippen LogP contribution in [0, 0.1) is 18.3 Å². The Morgan fingerprint density at radius 2 is 1.92 bits per heavy atom. The molecule has 1 aliphatic heterocycles. The van der Waals surface area contributed by atoms with Crippen LogP contribution in [-0.4, -0.2) is 36.5 Å². The molecule has 26 heavy (non-hydrogen) atoms. The predicted molar refractivity (Wildman–Crippen MR) is 95.4 cm³/mol. The Kier molecular flexibility index (Phi) is 4.85. The first kappa shape index (κ1) is 18.2. The summed E-state index contributed by atoms with van der Waals surface area (Å²) in [5, 5.41) is 8.82. The Balaban J connectivity index is 1.73. The van der Waals surface area contributed by atoms with Crippen LogP contribution in [0.2, 0.25) is 0 Å². The van der Waals surface area contributed by atoms with E-state index < -0.39 is 10.0 Å². The van der Waals surface area contributed by atoms with E-state index in [4.69, 9.17) is 10.00 Å². The topological polar surface area (TPSA) is 92.4 Å². The summed E-state index contributed by atoms with van der Waals surface area (Å²) < 4.78 is 34.2. The van der Waals surface area contributed by atoms with Crippen molar-refractivity contribution < 1.29 is 13.2 Å². The summed E-state index contributed by atoms with van der Waals surface area (Å²) in [5.41, 5.74) is 1.01. The summed E-state index contributed by atoms with van der Waals surface area (Å²) >= 11 is 0. The molecule has 7 nitrogen and oxygen atoms in total. The molecule has 1 atom stereocenters. The van der Waals surface area contributed by atoms with Gasteiger partial charge >= 0.3 is 0 Å². The lowest BCUT2D eigenvalue weighted by Crippen LogP contribution is -2.31. The monoisotopic (exact) mass is 373 g/mol. The molecule has 1 unspecified atom stereocenters. The third kappa shape index (κ3) is 3.49. The Hall–Kier alpha value is -2.63. The zero-order valence-corrected chi connectivity index (χ0v) is 15.4. The van der Waals surface area contributed by atoms with Crippen LogP contribution in [0.25, 0.3) is 0 Å². The van der Waals surface area contributed by atoms with Gasteiger partial charge in [-0.2, -0.15) is 9.57 Å². The molecule has 2 aromatic rings. The van der Waals surface area contributed by atoms with Gasteiger partial charge in [0.05, 0.1) is 23.1 Å². The second-order valence-electron chi connectivity index (χ2n) is 6.26. The number of rotatable bonds is 4. The molecule has 0 amide bonds. The second kappa shape index (κ2) is 6.94. The number of pyridine rings is 1. The van der Waals surface area contributed by atoms with Crippen LogP contribution in [0.4, 0.5) is 0 Å². The summed E-state index contributed by atoms with van der Waals surface area (Å²) in [6.45, 7) is 2.37. The first-order valence-corrected chi connectivity index (χ1v) is 9.60. The van der Waals surface area contributed by atoms with Crippen molar-refractivity contribution in [2.45, 2.75) is 24.3 Å². The molecule has 2 heterocycles. The highest BCUT2D eigenvalue weighted by Gasteiger charge is 2.33. The minimum Gasteiger partial charge on any atom is -0.489 e. The summed E-state index contributed by atoms with van der Waals surface area (Å²) in [6, 6.07) is 11.0. The number of ether oxygens (including phenoxy) is 1. The molecular formula is C18H19N3O4S. The molecule has 1 aromatic carbocycles. The third-order valence-electron chi connectivity index (χ3n) is 4.51. The molecule has 0 N–H and O–H groups in total. The summed E-state index contributed by atoms with van der Waals surface area (Å²) in [4.78, 5) is 12.0. The maximum atomic E-state index is 12.7. The van der Waals surface area contributed by atoms with Crippen molar-refractivity contribution in [1.82, 2.24) is 8.87 Å². The minimum atomic E-state index is -3.63. The van der Waals surface area contributed by atoms with E-state index in [1.54, 1.807) is 13.1 Å². The number of nitrogens with zero attached hydrogens (tertiary/aromatic N) is 3. The van der Waals surface area contributed by atoms with Crippen LogP contribution in [0.5, 0.6) is 5.75 Å². The van der Waals surface area contributed by atoms with Gasteiger partial charge in [-0.3, -0.25) is 4.79 Å². The molecule has 0 aliphatic carbocycles. The predicted octanol–water partition coefficient (Wildman–Crippen LogP) is 1.41. The molecule has 0 bridgehead atoms. The molecule has 0 spiro atoms. The van der Waals surface area contributed by atoms with Crippen molar-refractivity contribution in [1.29, 1.82) is 5.26 Å². The van der Waals surface area contributed by atoms with Crippen LogP contribution < -0.4 is 10.3 Å². The van der Waals surface area contributed by atoms with E-state index in [0.717, 1.165) is 5.69 Å². The highest BCUT2D eigenvalue weighted by atomic mass is 32.2. The van der Waals surface area contributed by atoms with Crippen LogP contribution in [-0.2, 0) is 17.1 Å². The Morgan fingerprint density at radius 1 is 1.23 bits per heavy atom. The largest absolute Gasteiger partial charge is 0.489 e. The summed E-state index contributed by atoms with van der Waals surface area (Å²) in [6.07, 6.45) is 0.235. The molecule has 8 heteroatoms. The van der Waals surface area contributed by atoms with Crippen molar-refractivity contribution >= 4 is 10.0 Å². The highest BCUT2D eigenvalue weighted by molar-refractivity contribution is 7.89. The van der Waals surface area contributed by atoms with Crippen molar-refractivity contribution in [3.63, 3.8) is 0 Å². The lowest BCUT2D eigenvalue weighted by molar-refractivity contribution is 0.214. The molecule has 1 aromatic heterocycles. The fourth-order valence-electron chi connectivity index (χ4n) is 2.86. The van der Waals surface area contributed by atoms with Gasteiger partial charge in [-0.1, -0.05) is 0 Å². The first-order valence-electron chi connectivity index (χ1n) is 8.16. The van der Waals surface area contributed by atoms with Gasteiger partial charge in [0.2, 0.25) is 10.0 Å². The van der Waals surface area contributed by atoms with Crippen molar-refractivity contribution in [3.8, 4) is 11.8 Å². The number of sulfonamides is 1. The number of nitriles is 1. The van der Waals surface area contributed by atoms with Gasteiger partial charge in [-0.05, 0) is 43.7 Å². The van der Waals surface area contributed by atoms with Gasteiger partial charge < -0.3 is 9.30 Å². The summed E-state index contributed by atoms with van der Waals surface area (Å²) in [7, 11) is -1.95. The van der Waals surface area contributed by atoms with Crippen molar-refractivity contribution in [2.24, 2.45) is 7.05 Å². The van der Waals surface area contributed by atoms with E-state index in [2.05, 4.69) is 0 Å².